The van der Waals surface area contributed by atoms with Gasteiger partial charge < -0.3 is 9.64 Å². The van der Waals surface area contributed by atoms with Crippen molar-refractivity contribution >= 4 is 11.8 Å². The summed E-state index contributed by atoms with van der Waals surface area (Å²) in [4.78, 5) is 2.71. The molecule has 0 fully saturated rings. The maximum Gasteiger partial charge on any atom is 0.0821 e. The molecule has 3 aliphatic rings. The molecule has 3 rings (SSSR count). The van der Waals surface area contributed by atoms with E-state index in [1.54, 1.807) is 11.1 Å². The van der Waals surface area contributed by atoms with Gasteiger partial charge in [-0.1, -0.05) is 43.4 Å². The first-order valence-electron chi connectivity index (χ1n) is 9.92. The van der Waals surface area contributed by atoms with Crippen LogP contribution < -0.4 is 0 Å². The third-order valence-corrected chi connectivity index (χ3v) is 7.04. The van der Waals surface area contributed by atoms with Crippen molar-refractivity contribution in [2.75, 3.05) is 26.0 Å². The highest BCUT2D eigenvalue weighted by Crippen LogP contribution is 2.35. The first kappa shape index (κ1) is 19.0. The van der Waals surface area contributed by atoms with Crippen molar-refractivity contribution < 1.29 is 4.74 Å². The molecule has 0 amide bonds. The molecule has 3 atom stereocenters. The lowest BCUT2D eigenvalue weighted by Crippen LogP contribution is -2.40. The molecule has 0 aromatic rings. The molecule has 3 heteroatoms. The summed E-state index contributed by atoms with van der Waals surface area (Å²) in [6.45, 7) is 4.72. The number of ether oxygens (including phenoxy) is 1. The fourth-order valence-corrected chi connectivity index (χ4v) is 5.35. The van der Waals surface area contributed by atoms with Crippen molar-refractivity contribution in [2.45, 2.75) is 62.8 Å². The molecule has 0 aromatic heterocycles. The largest absolute Gasteiger partial charge is 0.377 e. The lowest BCUT2D eigenvalue weighted by molar-refractivity contribution is 0.114. The third-order valence-electron chi connectivity index (χ3n) is 5.74. The van der Waals surface area contributed by atoms with Crippen LogP contribution in [-0.4, -0.2) is 48.2 Å². The lowest BCUT2D eigenvalue weighted by atomic mass is 9.81. The summed E-state index contributed by atoms with van der Waals surface area (Å²) >= 11 is 2.12. The van der Waals surface area contributed by atoms with Crippen LogP contribution in [0.5, 0.6) is 0 Å². The minimum absolute atomic E-state index is 0.322. The molecule has 0 saturated carbocycles. The average Bonchev–Trinajstić information content (AvgIpc) is 2.68. The minimum atomic E-state index is 0.322. The number of hydrogen-bond donors (Lipinski definition) is 0. The highest BCUT2D eigenvalue weighted by Gasteiger charge is 2.29. The molecular formula is C22H33NOS. The van der Waals surface area contributed by atoms with E-state index >= 15 is 0 Å². The van der Waals surface area contributed by atoms with Gasteiger partial charge in [0.2, 0.25) is 0 Å². The van der Waals surface area contributed by atoms with Crippen molar-refractivity contribution in [1.29, 1.82) is 0 Å². The Bertz CT molecular complexity index is 548. The maximum absolute atomic E-state index is 5.75. The first-order valence-corrected chi connectivity index (χ1v) is 11.0. The van der Waals surface area contributed by atoms with Gasteiger partial charge in [-0.25, -0.2) is 0 Å². The van der Waals surface area contributed by atoms with E-state index in [-0.39, 0.29) is 0 Å². The SMILES string of the molecule is CCN(CCCSC1C=CC=CC1)C1CCC2=C(C1)C(OC)CC=C2. The number of hydrogen-bond acceptors (Lipinski definition) is 3. The summed E-state index contributed by atoms with van der Waals surface area (Å²) in [7, 11) is 1.86. The Balaban J connectivity index is 1.46. The van der Waals surface area contributed by atoms with E-state index in [4.69, 9.17) is 4.74 Å². The topological polar surface area (TPSA) is 12.5 Å². The van der Waals surface area contributed by atoms with E-state index in [1.165, 1.54) is 44.4 Å². The molecule has 0 bridgehead atoms. The molecule has 2 nitrogen and oxygen atoms in total. The molecule has 138 valence electrons. The van der Waals surface area contributed by atoms with Crippen LogP contribution in [-0.2, 0) is 4.74 Å². The third kappa shape index (κ3) is 5.12. The van der Waals surface area contributed by atoms with Crippen LogP contribution in [0.25, 0.3) is 0 Å². The van der Waals surface area contributed by atoms with E-state index in [0.717, 1.165) is 13.0 Å². The van der Waals surface area contributed by atoms with Gasteiger partial charge >= 0.3 is 0 Å². The molecule has 3 unspecified atom stereocenters. The number of nitrogens with zero attached hydrogens (tertiary/aromatic N) is 1. The smallest absolute Gasteiger partial charge is 0.0821 e. The lowest BCUT2D eigenvalue weighted by Gasteiger charge is -2.38. The van der Waals surface area contributed by atoms with Gasteiger partial charge in [-0.05, 0) is 68.5 Å². The number of rotatable bonds is 8. The van der Waals surface area contributed by atoms with Gasteiger partial charge in [-0.2, -0.15) is 11.8 Å². The van der Waals surface area contributed by atoms with Crippen molar-refractivity contribution in [1.82, 2.24) is 4.90 Å². The van der Waals surface area contributed by atoms with Crippen LogP contribution in [0.4, 0.5) is 0 Å². The molecule has 0 spiro atoms. The normalized spacial score (nSPS) is 28.7. The van der Waals surface area contributed by atoms with Crippen LogP contribution in [0.1, 0.15) is 45.4 Å². The Kier molecular flexibility index (Phi) is 7.45. The van der Waals surface area contributed by atoms with Gasteiger partial charge in [0.25, 0.3) is 0 Å². The summed E-state index contributed by atoms with van der Waals surface area (Å²) in [6.07, 6.45) is 21.2. The second-order valence-electron chi connectivity index (χ2n) is 7.25. The van der Waals surface area contributed by atoms with Crippen LogP contribution in [0.3, 0.4) is 0 Å². The zero-order chi connectivity index (χ0) is 17.5. The molecular weight excluding hydrogens is 326 g/mol. The Labute approximate surface area is 158 Å². The number of thioether (sulfide) groups is 1. The predicted octanol–water partition coefficient (Wildman–Crippen LogP) is 5.14. The number of methoxy groups -OCH3 is 1. The summed E-state index contributed by atoms with van der Waals surface area (Å²) in [6, 6.07) is 0.704. The highest BCUT2D eigenvalue weighted by molar-refractivity contribution is 8.00. The second-order valence-corrected chi connectivity index (χ2v) is 8.60. The standard InChI is InChI=1S/C22H33NOS/c1-3-23(15-8-16-25-20-10-5-4-6-11-20)19-14-13-18-9-7-12-22(24-2)21(18)17-19/h4-7,9-10,19-20,22H,3,8,11-17H2,1-2H3. The fraction of sp³-hybridized carbons (Fsp3) is 0.636. The summed E-state index contributed by atoms with van der Waals surface area (Å²) in [5.41, 5.74) is 3.13. The molecule has 0 aromatic carbocycles. The Morgan fingerprint density at radius 3 is 2.92 bits per heavy atom. The Morgan fingerprint density at radius 2 is 2.16 bits per heavy atom. The van der Waals surface area contributed by atoms with Crippen molar-refractivity contribution in [3.63, 3.8) is 0 Å². The highest BCUT2D eigenvalue weighted by atomic mass is 32.2. The zero-order valence-corrected chi connectivity index (χ0v) is 16.6. The van der Waals surface area contributed by atoms with Crippen LogP contribution in [0.15, 0.2) is 47.6 Å². The Morgan fingerprint density at radius 1 is 1.24 bits per heavy atom. The van der Waals surface area contributed by atoms with E-state index in [9.17, 15) is 0 Å². The second kappa shape index (κ2) is 9.80. The van der Waals surface area contributed by atoms with Crippen molar-refractivity contribution in [2.24, 2.45) is 0 Å². The summed E-state index contributed by atoms with van der Waals surface area (Å²) < 4.78 is 5.75. The molecule has 0 aliphatic heterocycles. The molecule has 0 N–H and O–H groups in total. The molecule has 0 saturated heterocycles. The molecule has 0 heterocycles. The van der Waals surface area contributed by atoms with E-state index in [2.05, 4.69) is 60.0 Å². The monoisotopic (exact) mass is 359 g/mol. The summed E-state index contributed by atoms with van der Waals surface area (Å²) in [5, 5.41) is 0.693. The Hall–Kier alpha value is -0.770. The van der Waals surface area contributed by atoms with E-state index < -0.39 is 0 Å². The van der Waals surface area contributed by atoms with Crippen molar-refractivity contribution in [3.05, 3.63) is 47.6 Å². The van der Waals surface area contributed by atoms with Crippen LogP contribution in [0, 0.1) is 0 Å². The average molecular weight is 360 g/mol. The first-order chi connectivity index (χ1) is 12.3. The van der Waals surface area contributed by atoms with Gasteiger partial charge in [-0.3, -0.25) is 0 Å². The maximum atomic E-state index is 5.75. The number of allylic oxidation sites excluding steroid dienone is 5. The zero-order valence-electron chi connectivity index (χ0n) is 15.8. The molecule has 3 aliphatic carbocycles. The van der Waals surface area contributed by atoms with Crippen LogP contribution in [0.2, 0.25) is 0 Å². The summed E-state index contributed by atoms with van der Waals surface area (Å²) in [5.74, 6) is 1.27. The molecule has 0 radical (unpaired) electrons. The molecule has 25 heavy (non-hydrogen) atoms. The van der Waals surface area contributed by atoms with Gasteiger partial charge in [0.1, 0.15) is 0 Å². The van der Waals surface area contributed by atoms with Crippen LogP contribution >= 0.6 is 11.8 Å². The van der Waals surface area contributed by atoms with Gasteiger partial charge in [0, 0.05) is 18.4 Å². The van der Waals surface area contributed by atoms with Crippen molar-refractivity contribution in [3.8, 4) is 0 Å². The minimum Gasteiger partial charge on any atom is -0.377 e. The van der Waals surface area contributed by atoms with Gasteiger partial charge in [0.15, 0.2) is 0 Å². The van der Waals surface area contributed by atoms with E-state index in [0.29, 0.717) is 17.4 Å². The van der Waals surface area contributed by atoms with E-state index in [1.807, 2.05) is 7.11 Å². The van der Waals surface area contributed by atoms with Gasteiger partial charge in [0.05, 0.1) is 6.10 Å². The quantitative estimate of drug-likeness (QED) is 0.557. The van der Waals surface area contributed by atoms with Gasteiger partial charge in [-0.15, -0.1) is 0 Å². The predicted molar refractivity (Wildman–Crippen MR) is 110 cm³/mol. The fourth-order valence-electron chi connectivity index (χ4n) is 4.31.